The summed E-state index contributed by atoms with van der Waals surface area (Å²) in [6, 6.07) is 15.4. The summed E-state index contributed by atoms with van der Waals surface area (Å²) in [6.45, 7) is 5.23. The van der Waals surface area contributed by atoms with Crippen LogP contribution in [0.3, 0.4) is 0 Å². The van der Waals surface area contributed by atoms with E-state index in [0.717, 1.165) is 6.54 Å². The Labute approximate surface area is 103 Å². The first kappa shape index (κ1) is 11.9. The van der Waals surface area contributed by atoms with Crippen LogP contribution in [-0.2, 0) is 0 Å². The number of fused-ring (bicyclic) bond motifs is 1. The SMILES string of the molecule is CC(C)NCC=Cc1cccc2ccccc12. The minimum Gasteiger partial charge on any atom is -0.311 e. The largest absolute Gasteiger partial charge is 0.311 e. The van der Waals surface area contributed by atoms with Crippen LogP contribution >= 0.6 is 0 Å². The molecule has 0 aliphatic heterocycles. The number of nitrogens with one attached hydrogen (secondary N) is 1. The van der Waals surface area contributed by atoms with Gasteiger partial charge in [-0.15, -0.1) is 0 Å². The molecule has 2 rings (SSSR count). The van der Waals surface area contributed by atoms with Gasteiger partial charge in [-0.25, -0.2) is 0 Å². The fraction of sp³-hybridized carbons (Fsp3) is 0.250. The predicted molar refractivity (Wildman–Crippen MR) is 76.1 cm³/mol. The van der Waals surface area contributed by atoms with Gasteiger partial charge in [0, 0.05) is 12.6 Å². The summed E-state index contributed by atoms with van der Waals surface area (Å²) in [5.74, 6) is 0. The smallest absolute Gasteiger partial charge is 0.0140 e. The molecule has 0 radical (unpaired) electrons. The Morgan fingerprint density at radius 1 is 1.06 bits per heavy atom. The molecule has 0 heterocycles. The number of hydrogen-bond acceptors (Lipinski definition) is 1. The summed E-state index contributed by atoms with van der Waals surface area (Å²) >= 11 is 0. The summed E-state index contributed by atoms with van der Waals surface area (Å²) in [5.41, 5.74) is 1.29. The van der Waals surface area contributed by atoms with E-state index in [4.69, 9.17) is 0 Å². The van der Waals surface area contributed by atoms with Crippen molar-refractivity contribution in [1.82, 2.24) is 5.32 Å². The first-order valence-electron chi connectivity index (χ1n) is 6.15. The number of rotatable bonds is 4. The van der Waals surface area contributed by atoms with Crippen LogP contribution in [0.25, 0.3) is 16.8 Å². The molecule has 0 saturated heterocycles. The second kappa shape index (κ2) is 5.65. The van der Waals surface area contributed by atoms with E-state index in [-0.39, 0.29) is 0 Å². The average Bonchev–Trinajstić information content (AvgIpc) is 2.34. The number of benzene rings is 2. The van der Waals surface area contributed by atoms with Crippen molar-refractivity contribution in [1.29, 1.82) is 0 Å². The molecule has 0 fully saturated rings. The summed E-state index contributed by atoms with van der Waals surface area (Å²) in [7, 11) is 0. The van der Waals surface area contributed by atoms with Gasteiger partial charge in [0.15, 0.2) is 0 Å². The van der Waals surface area contributed by atoms with E-state index in [1.165, 1.54) is 16.3 Å². The van der Waals surface area contributed by atoms with Crippen molar-refractivity contribution in [2.75, 3.05) is 6.54 Å². The van der Waals surface area contributed by atoms with E-state index in [1.807, 2.05) is 0 Å². The summed E-state index contributed by atoms with van der Waals surface area (Å²) in [5, 5.41) is 5.99. The first-order valence-corrected chi connectivity index (χ1v) is 6.15. The lowest BCUT2D eigenvalue weighted by atomic mass is 10.0. The monoisotopic (exact) mass is 225 g/mol. The van der Waals surface area contributed by atoms with Gasteiger partial charge in [0.1, 0.15) is 0 Å². The van der Waals surface area contributed by atoms with Crippen LogP contribution in [0.15, 0.2) is 48.5 Å². The molecule has 1 nitrogen and oxygen atoms in total. The zero-order chi connectivity index (χ0) is 12.1. The van der Waals surface area contributed by atoms with Crippen molar-refractivity contribution in [2.24, 2.45) is 0 Å². The molecule has 0 saturated carbocycles. The molecule has 0 unspecified atom stereocenters. The highest BCUT2D eigenvalue weighted by atomic mass is 14.9. The molecule has 0 aliphatic carbocycles. The molecule has 0 atom stereocenters. The van der Waals surface area contributed by atoms with E-state index in [0.29, 0.717) is 6.04 Å². The summed E-state index contributed by atoms with van der Waals surface area (Å²) < 4.78 is 0. The van der Waals surface area contributed by atoms with E-state index < -0.39 is 0 Å². The highest BCUT2D eigenvalue weighted by Crippen LogP contribution is 2.19. The van der Waals surface area contributed by atoms with Crippen LogP contribution < -0.4 is 5.32 Å². The topological polar surface area (TPSA) is 12.0 Å². The molecule has 1 heteroatoms. The van der Waals surface area contributed by atoms with Gasteiger partial charge in [0.25, 0.3) is 0 Å². The summed E-state index contributed by atoms with van der Waals surface area (Å²) in [6.07, 6.45) is 4.37. The molecular weight excluding hydrogens is 206 g/mol. The first-order chi connectivity index (χ1) is 8.27. The molecule has 88 valence electrons. The third-order valence-corrected chi connectivity index (χ3v) is 2.76. The van der Waals surface area contributed by atoms with Crippen LogP contribution in [0.4, 0.5) is 0 Å². The fourth-order valence-electron chi connectivity index (χ4n) is 1.89. The Morgan fingerprint density at radius 2 is 1.82 bits per heavy atom. The van der Waals surface area contributed by atoms with E-state index in [1.54, 1.807) is 0 Å². The highest BCUT2D eigenvalue weighted by molar-refractivity contribution is 5.90. The zero-order valence-corrected chi connectivity index (χ0v) is 10.5. The average molecular weight is 225 g/mol. The third-order valence-electron chi connectivity index (χ3n) is 2.76. The lowest BCUT2D eigenvalue weighted by molar-refractivity contribution is 0.633. The second-order valence-corrected chi connectivity index (χ2v) is 4.53. The van der Waals surface area contributed by atoms with Gasteiger partial charge in [-0.1, -0.05) is 68.5 Å². The highest BCUT2D eigenvalue weighted by Gasteiger charge is 1.95. The van der Waals surface area contributed by atoms with Gasteiger partial charge < -0.3 is 5.32 Å². The molecule has 1 N–H and O–H groups in total. The maximum absolute atomic E-state index is 3.38. The van der Waals surface area contributed by atoms with Crippen molar-refractivity contribution < 1.29 is 0 Å². The van der Waals surface area contributed by atoms with Crippen LogP contribution in [0.1, 0.15) is 19.4 Å². The Kier molecular flexibility index (Phi) is 3.94. The molecule has 2 aromatic rings. The van der Waals surface area contributed by atoms with E-state index in [9.17, 15) is 0 Å². The van der Waals surface area contributed by atoms with Gasteiger partial charge in [0.05, 0.1) is 0 Å². The van der Waals surface area contributed by atoms with E-state index >= 15 is 0 Å². The van der Waals surface area contributed by atoms with Gasteiger partial charge in [-0.3, -0.25) is 0 Å². The molecular formula is C16H19N. The minimum absolute atomic E-state index is 0.534. The molecule has 0 aliphatic rings. The molecule has 0 spiro atoms. The van der Waals surface area contributed by atoms with Crippen LogP contribution in [-0.4, -0.2) is 12.6 Å². The van der Waals surface area contributed by atoms with Crippen molar-refractivity contribution in [3.8, 4) is 0 Å². The maximum atomic E-state index is 3.38. The van der Waals surface area contributed by atoms with Gasteiger partial charge in [-0.05, 0) is 16.3 Å². The minimum atomic E-state index is 0.534. The standard InChI is InChI=1S/C16H19N/c1-13(2)17-12-6-10-15-9-5-8-14-7-3-4-11-16(14)15/h3-11,13,17H,12H2,1-2H3. The van der Waals surface area contributed by atoms with Crippen LogP contribution in [0.2, 0.25) is 0 Å². The van der Waals surface area contributed by atoms with Gasteiger partial charge in [0.2, 0.25) is 0 Å². The Bertz CT molecular complexity index is 506. The van der Waals surface area contributed by atoms with Crippen molar-refractivity contribution in [3.63, 3.8) is 0 Å². The van der Waals surface area contributed by atoms with Crippen LogP contribution in [0.5, 0.6) is 0 Å². The molecule has 2 aromatic carbocycles. The second-order valence-electron chi connectivity index (χ2n) is 4.53. The lowest BCUT2D eigenvalue weighted by Crippen LogP contribution is -2.22. The van der Waals surface area contributed by atoms with Gasteiger partial charge >= 0.3 is 0 Å². The van der Waals surface area contributed by atoms with Gasteiger partial charge in [-0.2, -0.15) is 0 Å². The zero-order valence-electron chi connectivity index (χ0n) is 10.5. The Balaban J connectivity index is 2.18. The quantitative estimate of drug-likeness (QED) is 0.833. The number of hydrogen-bond donors (Lipinski definition) is 1. The Morgan fingerprint density at radius 3 is 2.65 bits per heavy atom. The van der Waals surface area contributed by atoms with Crippen LogP contribution in [0, 0.1) is 0 Å². The van der Waals surface area contributed by atoms with Crippen molar-refractivity contribution in [2.45, 2.75) is 19.9 Å². The maximum Gasteiger partial charge on any atom is 0.0140 e. The molecule has 0 bridgehead atoms. The van der Waals surface area contributed by atoms with Crippen molar-refractivity contribution >= 4 is 16.8 Å². The molecule has 17 heavy (non-hydrogen) atoms. The van der Waals surface area contributed by atoms with Crippen molar-refractivity contribution in [3.05, 3.63) is 54.1 Å². The fourth-order valence-corrected chi connectivity index (χ4v) is 1.89. The summed E-state index contributed by atoms with van der Waals surface area (Å²) in [4.78, 5) is 0. The Hall–Kier alpha value is -1.60. The van der Waals surface area contributed by atoms with E-state index in [2.05, 4.69) is 73.8 Å². The lowest BCUT2D eigenvalue weighted by Gasteiger charge is -2.04. The third kappa shape index (κ3) is 3.18. The normalized spacial score (nSPS) is 11.7. The molecule has 0 aromatic heterocycles. The molecule has 0 amide bonds. The predicted octanol–water partition coefficient (Wildman–Crippen LogP) is 3.85.